The fourth-order valence-corrected chi connectivity index (χ4v) is 5.13. The first kappa shape index (κ1) is 21.4. The van der Waals surface area contributed by atoms with Crippen molar-refractivity contribution in [3.05, 3.63) is 82.5 Å². The van der Waals surface area contributed by atoms with Crippen molar-refractivity contribution < 1.29 is 4.79 Å². The van der Waals surface area contributed by atoms with E-state index in [4.69, 9.17) is 0 Å². The van der Waals surface area contributed by atoms with E-state index in [0.717, 1.165) is 16.6 Å². The molecule has 0 bridgehead atoms. The third-order valence-electron chi connectivity index (χ3n) is 5.37. The summed E-state index contributed by atoms with van der Waals surface area (Å²) < 4.78 is 1.48. The van der Waals surface area contributed by atoms with E-state index < -0.39 is 5.25 Å². The van der Waals surface area contributed by atoms with E-state index in [0.29, 0.717) is 21.2 Å². The van der Waals surface area contributed by atoms with Gasteiger partial charge in [0.25, 0.3) is 5.56 Å². The first-order valence-corrected chi connectivity index (χ1v) is 12.1. The highest BCUT2D eigenvalue weighted by Crippen LogP contribution is 2.29. The molecule has 0 fully saturated rings. The minimum Gasteiger partial charge on any atom is -0.301 e. The molecule has 0 aliphatic rings. The van der Waals surface area contributed by atoms with E-state index in [1.807, 2.05) is 35.7 Å². The van der Waals surface area contributed by atoms with Gasteiger partial charge in [-0.25, -0.2) is 9.97 Å². The van der Waals surface area contributed by atoms with E-state index in [9.17, 15) is 9.59 Å². The van der Waals surface area contributed by atoms with Crippen molar-refractivity contribution in [1.29, 1.82) is 0 Å². The van der Waals surface area contributed by atoms with Crippen molar-refractivity contribution >= 4 is 55.8 Å². The number of hydrogen-bond acceptors (Lipinski definition) is 6. The van der Waals surface area contributed by atoms with Crippen LogP contribution in [0.4, 0.5) is 5.13 Å². The van der Waals surface area contributed by atoms with Gasteiger partial charge in [-0.2, -0.15) is 0 Å². The van der Waals surface area contributed by atoms with Crippen LogP contribution >= 0.6 is 23.1 Å². The number of carbonyl (C=O) groups excluding carboxylic acids is 1. The van der Waals surface area contributed by atoms with Crippen LogP contribution in [-0.4, -0.2) is 25.7 Å². The monoisotopic (exact) mass is 472 g/mol. The zero-order chi connectivity index (χ0) is 22.9. The maximum atomic E-state index is 12.8. The Morgan fingerprint density at radius 2 is 1.79 bits per heavy atom. The van der Waals surface area contributed by atoms with Crippen molar-refractivity contribution in [2.45, 2.75) is 17.3 Å². The number of nitrogens with one attached hydrogen (secondary N) is 1. The van der Waals surface area contributed by atoms with Gasteiger partial charge in [-0.3, -0.25) is 14.2 Å². The van der Waals surface area contributed by atoms with Crippen molar-refractivity contribution in [3.63, 3.8) is 0 Å². The van der Waals surface area contributed by atoms with Crippen molar-refractivity contribution in [3.8, 4) is 11.3 Å². The molecule has 0 spiro atoms. The van der Waals surface area contributed by atoms with Crippen LogP contribution in [0.1, 0.15) is 6.92 Å². The van der Waals surface area contributed by atoms with Gasteiger partial charge < -0.3 is 5.32 Å². The summed E-state index contributed by atoms with van der Waals surface area (Å²) in [6.45, 7) is 1.79. The lowest BCUT2D eigenvalue weighted by Gasteiger charge is -2.13. The normalized spacial score (nSPS) is 12.2. The molecular weight excluding hydrogens is 452 g/mol. The largest absolute Gasteiger partial charge is 0.301 e. The second kappa shape index (κ2) is 8.80. The van der Waals surface area contributed by atoms with E-state index in [1.165, 1.54) is 33.1 Å². The molecule has 6 nitrogen and oxygen atoms in total. The molecule has 33 heavy (non-hydrogen) atoms. The second-order valence-electron chi connectivity index (χ2n) is 7.62. The van der Waals surface area contributed by atoms with Crippen molar-refractivity contribution in [1.82, 2.24) is 14.5 Å². The maximum Gasteiger partial charge on any atom is 0.261 e. The first-order chi connectivity index (χ1) is 16.0. The number of thioether (sulfide) groups is 1. The molecule has 1 amide bonds. The molecule has 1 unspecified atom stereocenters. The molecular formula is C25H20N4O2S2. The minimum atomic E-state index is -0.461. The lowest BCUT2D eigenvalue weighted by Crippen LogP contribution is -2.25. The molecule has 0 aliphatic carbocycles. The summed E-state index contributed by atoms with van der Waals surface area (Å²) in [5.74, 6) is -0.193. The molecule has 2 heterocycles. The van der Waals surface area contributed by atoms with Crippen LogP contribution in [0.5, 0.6) is 0 Å². The summed E-state index contributed by atoms with van der Waals surface area (Å²) in [5, 5.41) is 8.28. The van der Waals surface area contributed by atoms with Crippen molar-refractivity contribution in [2.75, 3.05) is 5.32 Å². The fourth-order valence-electron chi connectivity index (χ4n) is 3.53. The predicted molar refractivity (Wildman–Crippen MR) is 136 cm³/mol. The van der Waals surface area contributed by atoms with Crippen LogP contribution in [-0.2, 0) is 11.8 Å². The molecule has 3 aromatic carbocycles. The number of aromatic nitrogens is 3. The minimum absolute atomic E-state index is 0.129. The third-order valence-corrected chi connectivity index (χ3v) is 7.27. The molecule has 8 heteroatoms. The van der Waals surface area contributed by atoms with Gasteiger partial charge in [-0.05, 0) is 35.9 Å². The summed E-state index contributed by atoms with van der Waals surface area (Å²) in [5.41, 5.74) is 2.31. The summed E-state index contributed by atoms with van der Waals surface area (Å²) in [6.07, 6.45) is 0. The fraction of sp³-hybridized carbons (Fsp3) is 0.120. The standard InChI is InChI=1S/C25H20N4O2S2/c1-15(33-25-27-20-10-6-5-9-19(20)23(31)29(25)2)22(30)28-24-26-21(14-32-24)18-12-11-16-7-3-4-8-17(16)13-18/h3-15H,1-2H3,(H,26,28,30). The molecule has 0 aliphatic heterocycles. The summed E-state index contributed by atoms with van der Waals surface area (Å²) in [7, 11) is 1.67. The van der Waals surface area contributed by atoms with Crippen LogP contribution in [0.15, 0.2) is 82.1 Å². The molecule has 2 aromatic heterocycles. The lowest BCUT2D eigenvalue weighted by atomic mass is 10.1. The molecule has 5 aromatic rings. The number of carbonyl (C=O) groups is 1. The quantitative estimate of drug-likeness (QED) is 0.276. The molecule has 164 valence electrons. The molecule has 0 saturated heterocycles. The van der Waals surface area contributed by atoms with Crippen LogP contribution in [0.25, 0.3) is 32.9 Å². The number of amides is 1. The average molecular weight is 473 g/mol. The Kier molecular flexibility index (Phi) is 5.70. The van der Waals surface area contributed by atoms with E-state index in [1.54, 1.807) is 26.1 Å². The Labute approximate surface area is 198 Å². The van der Waals surface area contributed by atoms with Crippen LogP contribution < -0.4 is 10.9 Å². The summed E-state index contributed by atoms with van der Waals surface area (Å²) >= 11 is 2.63. The van der Waals surface area contributed by atoms with Crippen molar-refractivity contribution in [2.24, 2.45) is 7.05 Å². The van der Waals surface area contributed by atoms with E-state index in [-0.39, 0.29) is 11.5 Å². The Hall–Kier alpha value is -3.49. The zero-order valence-electron chi connectivity index (χ0n) is 18.0. The topological polar surface area (TPSA) is 76.9 Å². The van der Waals surface area contributed by atoms with Gasteiger partial charge in [0.15, 0.2) is 10.3 Å². The first-order valence-electron chi connectivity index (χ1n) is 10.4. The highest BCUT2D eigenvalue weighted by atomic mass is 32.2. The number of nitrogens with zero attached hydrogens (tertiary/aromatic N) is 3. The lowest BCUT2D eigenvalue weighted by molar-refractivity contribution is -0.115. The van der Waals surface area contributed by atoms with Crippen LogP contribution in [0.3, 0.4) is 0 Å². The third kappa shape index (κ3) is 4.27. The Balaban J connectivity index is 1.32. The van der Waals surface area contributed by atoms with Gasteiger partial charge in [0.05, 0.1) is 21.8 Å². The molecule has 5 rings (SSSR count). The number of hydrogen-bond donors (Lipinski definition) is 1. The number of benzene rings is 3. The molecule has 0 saturated carbocycles. The summed E-state index contributed by atoms with van der Waals surface area (Å²) in [6, 6.07) is 21.6. The smallest absolute Gasteiger partial charge is 0.261 e. The van der Waals surface area contributed by atoms with Gasteiger partial charge in [0.1, 0.15) is 0 Å². The SMILES string of the molecule is CC(Sc1nc2ccccc2c(=O)n1C)C(=O)Nc1nc(-c2ccc3ccccc3c2)cs1. The highest BCUT2D eigenvalue weighted by Gasteiger charge is 2.19. The number of thiazole rings is 1. The van der Waals surface area contributed by atoms with Gasteiger partial charge in [0, 0.05) is 18.0 Å². The highest BCUT2D eigenvalue weighted by molar-refractivity contribution is 8.00. The van der Waals surface area contributed by atoms with Crippen LogP contribution in [0, 0.1) is 0 Å². The number of fused-ring (bicyclic) bond motifs is 2. The van der Waals surface area contributed by atoms with Gasteiger partial charge in [-0.1, -0.05) is 60.3 Å². The summed E-state index contributed by atoms with van der Waals surface area (Å²) in [4.78, 5) is 34.6. The molecule has 1 N–H and O–H groups in total. The predicted octanol–water partition coefficient (Wildman–Crippen LogP) is 5.33. The van der Waals surface area contributed by atoms with E-state index in [2.05, 4.69) is 39.6 Å². The number of rotatable bonds is 5. The Morgan fingerprint density at radius 1 is 1.03 bits per heavy atom. The second-order valence-corrected chi connectivity index (χ2v) is 9.79. The maximum absolute atomic E-state index is 12.8. The average Bonchev–Trinajstić information content (AvgIpc) is 3.30. The molecule has 0 radical (unpaired) electrons. The Morgan fingerprint density at radius 3 is 2.64 bits per heavy atom. The zero-order valence-corrected chi connectivity index (χ0v) is 19.6. The van der Waals surface area contributed by atoms with E-state index >= 15 is 0 Å². The number of para-hydroxylation sites is 1. The van der Waals surface area contributed by atoms with Crippen LogP contribution in [0.2, 0.25) is 0 Å². The van der Waals surface area contributed by atoms with Gasteiger partial charge in [-0.15, -0.1) is 11.3 Å². The van der Waals surface area contributed by atoms with Gasteiger partial charge >= 0.3 is 0 Å². The molecule has 1 atom stereocenters. The number of anilines is 1. The Bertz CT molecular complexity index is 1560. The van der Waals surface area contributed by atoms with Gasteiger partial charge in [0.2, 0.25) is 5.91 Å².